The van der Waals surface area contributed by atoms with E-state index in [4.69, 9.17) is 0 Å². The van der Waals surface area contributed by atoms with Gasteiger partial charge in [0.1, 0.15) is 5.54 Å². The minimum atomic E-state index is -0.742. The molecule has 1 saturated heterocycles. The molecule has 0 radical (unpaired) electrons. The molecule has 20 heavy (non-hydrogen) atoms. The van der Waals surface area contributed by atoms with E-state index in [9.17, 15) is 14.4 Å². The van der Waals surface area contributed by atoms with Crippen LogP contribution in [0.4, 0.5) is 4.79 Å². The molecule has 3 amide bonds. The molecule has 104 valence electrons. The molecule has 1 heterocycles. The average molecular weight is 272 g/mol. The molecule has 1 aliphatic carbocycles. The molecule has 1 aliphatic heterocycles. The first-order valence-corrected chi connectivity index (χ1v) is 6.85. The highest BCUT2D eigenvalue weighted by Crippen LogP contribution is 2.34. The summed E-state index contributed by atoms with van der Waals surface area (Å²) in [6.07, 6.45) is 3.22. The van der Waals surface area contributed by atoms with E-state index in [-0.39, 0.29) is 18.2 Å². The highest BCUT2D eigenvalue weighted by molar-refractivity contribution is 6.11. The van der Waals surface area contributed by atoms with E-state index in [0.29, 0.717) is 18.4 Å². The van der Waals surface area contributed by atoms with Crippen molar-refractivity contribution >= 4 is 17.7 Å². The van der Waals surface area contributed by atoms with Gasteiger partial charge in [-0.1, -0.05) is 43.2 Å². The molecule has 5 heteroatoms. The van der Waals surface area contributed by atoms with Crippen LogP contribution in [0.1, 0.15) is 36.0 Å². The van der Waals surface area contributed by atoms with Gasteiger partial charge in [-0.2, -0.15) is 0 Å². The lowest BCUT2D eigenvalue weighted by Crippen LogP contribution is -2.44. The number of hydrogen-bond acceptors (Lipinski definition) is 3. The predicted octanol–water partition coefficient (Wildman–Crippen LogP) is 1.73. The zero-order valence-corrected chi connectivity index (χ0v) is 11.1. The molecule has 1 spiro atoms. The Morgan fingerprint density at radius 1 is 1.15 bits per heavy atom. The van der Waals surface area contributed by atoms with Gasteiger partial charge in [0.15, 0.2) is 5.78 Å². The van der Waals surface area contributed by atoms with Crippen LogP contribution in [0.2, 0.25) is 0 Å². The number of imide groups is 1. The second-order valence-corrected chi connectivity index (χ2v) is 5.40. The van der Waals surface area contributed by atoms with Crippen molar-refractivity contribution in [2.75, 3.05) is 6.54 Å². The fraction of sp³-hybridized carbons (Fsp3) is 0.400. The molecule has 0 aromatic heterocycles. The molecule has 1 aromatic rings. The molecule has 1 aromatic carbocycles. The Kier molecular flexibility index (Phi) is 3.04. The monoisotopic (exact) mass is 272 g/mol. The molecule has 0 unspecified atom stereocenters. The summed E-state index contributed by atoms with van der Waals surface area (Å²) in [5.74, 6) is -0.464. The second-order valence-electron chi connectivity index (χ2n) is 5.40. The number of urea groups is 1. The Morgan fingerprint density at radius 2 is 1.80 bits per heavy atom. The van der Waals surface area contributed by atoms with E-state index in [1.165, 1.54) is 0 Å². The number of benzene rings is 1. The van der Waals surface area contributed by atoms with E-state index in [1.807, 2.05) is 6.07 Å². The Bertz CT molecular complexity index is 562. The third-order valence-electron chi connectivity index (χ3n) is 4.10. The summed E-state index contributed by atoms with van der Waals surface area (Å²) >= 11 is 0. The van der Waals surface area contributed by atoms with Crippen molar-refractivity contribution in [3.8, 4) is 0 Å². The molecule has 1 N–H and O–H groups in total. The third kappa shape index (κ3) is 1.99. The summed E-state index contributed by atoms with van der Waals surface area (Å²) in [5.41, 5.74) is -0.228. The maximum absolute atomic E-state index is 12.4. The topological polar surface area (TPSA) is 66.5 Å². The summed E-state index contributed by atoms with van der Waals surface area (Å²) < 4.78 is 0. The normalized spacial score (nSPS) is 20.5. The Labute approximate surface area is 116 Å². The smallest absolute Gasteiger partial charge is 0.323 e. The van der Waals surface area contributed by atoms with Gasteiger partial charge in [-0.15, -0.1) is 0 Å². The van der Waals surface area contributed by atoms with E-state index in [2.05, 4.69) is 5.32 Å². The number of Topliss-reactive ketones (excluding diaryl/α,β-unsaturated/α-hetero) is 1. The number of rotatable bonds is 3. The van der Waals surface area contributed by atoms with Crippen LogP contribution in [-0.4, -0.2) is 34.7 Å². The van der Waals surface area contributed by atoms with Crippen LogP contribution in [0.15, 0.2) is 30.3 Å². The van der Waals surface area contributed by atoms with Crippen LogP contribution in [0.25, 0.3) is 0 Å². The van der Waals surface area contributed by atoms with Crippen LogP contribution in [-0.2, 0) is 4.79 Å². The van der Waals surface area contributed by atoms with E-state index >= 15 is 0 Å². The fourth-order valence-electron chi connectivity index (χ4n) is 3.00. The van der Waals surface area contributed by atoms with Crippen molar-refractivity contribution in [3.05, 3.63) is 35.9 Å². The molecular formula is C15H16N2O3. The van der Waals surface area contributed by atoms with Gasteiger partial charge >= 0.3 is 6.03 Å². The number of nitrogens with zero attached hydrogens (tertiary/aromatic N) is 1. The standard InChI is InChI=1S/C15H16N2O3/c18-12(11-6-2-1-3-7-11)10-17-13(19)15(16-14(17)20)8-4-5-9-15/h1-3,6-7H,4-5,8-10H2,(H,16,20). The van der Waals surface area contributed by atoms with Gasteiger partial charge in [0.25, 0.3) is 5.91 Å². The second kappa shape index (κ2) is 4.74. The van der Waals surface area contributed by atoms with Crippen molar-refractivity contribution in [2.24, 2.45) is 0 Å². The van der Waals surface area contributed by atoms with Gasteiger partial charge in [-0.05, 0) is 12.8 Å². The highest BCUT2D eigenvalue weighted by Gasteiger charge is 2.52. The van der Waals surface area contributed by atoms with Crippen molar-refractivity contribution in [3.63, 3.8) is 0 Å². The third-order valence-corrected chi connectivity index (χ3v) is 4.10. The average Bonchev–Trinajstić information content (AvgIpc) is 3.01. The first kappa shape index (κ1) is 12.8. The molecular weight excluding hydrogens is 256 g/mol. The SMILES string of the molecule is O=C(CN1C(=O)NC2(CCCC2)C1=O)c1ccccc1. The van der Waals surface area contributed by atoms with Crippen molar-refractivity contribution in [1.29, 1.82) is 0 Å². The summed E-state index contributed by atoms with van der Waals surface area (Å²) in [6, 6.07) is 8.27. The van der Waals surface area contributed by atoms with Crippen LogP contribution < -0.4 is 5.32 Å². The van der Waals surface area contributed by atoms with Gasteiger partial charge in [-0.25, -0.2) is 4.79 Å². The van der Waals surface area contributed by atoms with Crippen molar-refractivity contribution in [1.82, 2.24) is 10.2 Å². The van der Waals surface area contributed by atoms with Crippen LogP contribution in [0, 0.1) is 0 Å². The van der Waals surface area contributed by atoms with Gasteiger partial charge in [0.2, 0.25) is 0 Å². The number of amides is 3. The summed E-state index contributed by atoms with van der Waals surface area (Å²) in [6.45, 7) is -0.184. The molecule has 5 nitrogen and oxygen atoms in total. The van der Waals surface area contributed by atoms with Crippen molar-refractivity contribution in [2.45, 2.75) is 31.2 Å². The fourth-order valence-corrected chi connectivity index (χ4v) is 3.00. The number of carbonyl (C=O) groups excluding carboxylic acids is 3. The lowest BCUT2D eigenvalue weighted by Gasteiger charge is -2.19. The zero-order valence-electron chi connectivity index (χ0n) is 11.1. The molecule has 3 rings (SSSR count). The molecule has 0 atom stereocenters. The minimum Gasteiger partial charge on any atom is -0.323 e. The van der Waals surface area contributed by atoms with Gasteiger partial charge in [0, 0.05) is 5.56 Å². The molecule has 0 bridgehead atoms. The summed E-state index contributed by atoms with van der Waals surface area (Å²) in [4.78, 5) is 37.5. The highest BCUT2D eigenvalue weighted by atomic mass is 16.2. The number of hydrogen-bond donors (Lipinski definition) is 1. The predicted molar refractivity (Wildman–Crippen MR) is 72.2 cm³/mol. The van der Waals surface area contributed by atoms with Crippen molar-refractivity contribution < 1.29 is 14.4 Å². The Hall–Kier alpha value is -2.17. The number of carbonyl (C=O) groups is 3. The van der Waals surface area contributed by atoms with Crippen LogP contribution >= 0.6 is 0 Å². The number of ketones is 1. The molecule has 1 saturated carbocycles. The first-order chi connectivity index (χ1) is 9.62. The maximum atomic E-state index is 12.4. The molecule has 2 aliphatic rings. The minimum absolute atomic E-state index is 0.184. The van der Waals surface area contributed by atoms with Crippen LogP contribution in [0.5, 0.6) is 0 Å². The van der Waals surface area contributed by atoms with Gasteiger partial charge in [-0.3, -0.25) is 14.5 Å². The lowest BCUT2D eigenvalue weighted by atomic mass is 9.98. The van der Waals surface area contributed by atoms with E-state index in [0.717, 1.165) is 17.7 Å². The molecule has 2 fully saturated rings. The Morgan fingerprint density at radius 3 is 2.45 bits per heavy atom. The first-order valence-electron chi connectivity index (χ1n) is 6.85. The van der Waals surface area contributed by atoms with Gasteiger partial charge < -0.3 is 5.32 Å². The van der Waals surface area contributed by atoms with Crippen LogP contribution in [0.3, 0.4) is 0 Å². The van der Waals surface area contributed by atoms with E-state index < -0.39 is 11.6 Å². The number of nitrogens with one attached hydrogen (secondary N) is 1. The summed E-state index contributed by atoms with van der Waals surface area (Å²) in [5, 5.41) is 2.77. The summed E-state index contributed by atoms with van der Waals surface area (Å²) in [7, 11) is 0. The lowest BCUT2D eigenvalue weighted by molar-refractivity contribution is -0.130. The zero-order chi connectivity index (χ0) is 14.2. The largest absolute Gasteiger partial charge is 0.325 e. The Balaban J connectivity index is 1.76. The van der Waals surface area contributed by atoms with E-state index in [1.54, 1.807) is 24.3 Å². The quantitative estimate of drug-likeness (QED) is 0.673. The van der Waals surface area contributed by atoms with Gasteiger partial charge in [0.05, 0.1) is 6.54 Å². The maximum Gasteiger partial charge on any atom is 0.325 e.